The highest BCUT2D eigenvalue weighted by atomic mass is 35.5. The molecule has 0 spiro atoms. The molecule has 0 fully saturated rings. The average Bonchev–Trinajstić information content (AvgIpc) is 1.65. The number of hydrogen-bond acceptors (Lipinski definition) is 2. The predicted octanol–water partition coefficient (Wildman–Crippen LogP) is -0.248. The summed E-state index contributed by atoms with van der Waals surface area (Å²) in [5.74, 6) is 6.26. The van der Waals surface area contributed by atoms with Crippen LogP contribution in [0, 0.1) is 0 Å². The van der Waals surface area contributed by atoms with Gasteiger partial charge in [0.05, 0.1) is 0 Å². The van der Waals surface area contributed by atoms with Crippen molar-refractivity contribution in [3.8, 4) is 0 Å². The molecule has 34 valence electrons. The molecule has 0 heterocycles. The molecule has 0 unspecified atom stereocenters. The Morgan fingerprint density at radius 3 is 2.50 bits per heavy atom. The van der Waals surface area contributed by atoms with Gasteiger partial charge in [-0.2, -0.15) is 0 Å². The Balaban J connectivity index is 2.99. The molecule has 0 aromatic carbocycles. The van der Waals surface area contributed by atoms with E-state index in [0.717, 1.165) is 0 Å². The third-order valence-corrected chi connectivity index (χ3v) is 0.429. The highest BCUT2D eigenvalue weighted by Gasteiger charge is 1.93. The first-order valence-electron chi connectivity index (χ1n) is 1.21. The first-order chi connectivity index (χ1) is 2.81. The zero-order chi connectivity index (χ0) is 4.99. The molecule has 0 N–H and O–H groups in total. The van der Waals surface area contributed by atoms with Crippen LogP contribution in [0.5, 0.6) is 0 Å². The summed E-state index contributed by atoms with van der Waals surface area (Å²) in [6, 6.07) is 0. The number of carbonyl (C=O) groups excluding carboxylic acids is 1. The summed E-state index contributed by atoms with van der Waals surface area (Å²) in [4.78, 5) is 12.7. The van der Waals surface area contributed by atoms with Crippen LogP contribution in [0.15, 0.2) is 0 Å². The molecular weight excluding hydrogens is 105 g/mol. The van der Waals surface area contributed by atoms with Gasteiger partial charge in [-0.05, 0) is 0 Å². The fourth-order valence-corrected chi connectivity index (χ4v) is 0.0732. The van der Waals surface area contributed by atoms with Crippen LogP contribution < -0.4 is 5.90 Å². The second-order valence-electron chi connectivity index (χ2n) is 0.597. The lowest BCUT2D eigenvalue weighted by Gasteiger charge is -1.79. The van der Waals surface area contributed by atoms with Crippen LogP contribution in [0.2, 0.25) is 0 Å². The first-order valence-corrected chi connectivity index (χ1v) is 1.75. The van der Waals surface area contributed by atoms with E-state index in [9.17, 15) is 4.79 Å². The molecular formula is C2H2ClNO2. The minimum atomic E-state index is -0.836. The van der Waals surface area contributed by atoms with Crippen LogP contribution in [0.1, 0.15) is 0 Å². The van der Waals surface area contributed by atoms with E-state index in [0.29, 0.717) is 0 Å². The fourth-order valence-electron chi connectivity index (χ4n) is 0.0244. The van der Waals surface area contributed by atoms with E-state index in [-0.39, 0.29) is 5.88 Å². The zero-order valence-electron chi connectivity index (χ0n) is 2.85. The molecule has 3 nitrogen and oxygen atoms in total. The largest absolute Gasteiger partial charge is 0.343 e. The van der Waals surface area contributed by atoms with Crippen molar-refractivity contribution in [3.63, 3.8) is 0 Å². The van der Waals surface area contributed by atoms with Gasteiger partial charge in [0.15, 0.2) is 0 Å². The molecule has 0 aliphatic heterocycles. The van der Waals surface area contributed by atoms with E-state index in [1.807, 2.05) is 0 Å². The van der Waals surface area contributed by atoms with Gasteiger partial charge < -0.3 is 4.84 Å². The Hall–Kier alpha value is -0.280. The molecule has 0 bridgehead atoms. The summed E-state index contributed by atoms with van der Waals surface area (Å²) in [7, 11) is 0. The quantitative estimate of drug-likeness (QED) is 0.343. The zero-order valence-corrected chi connectivity index (χ0v) is 3.60. The van der Waals surface area contributed by atoms with Gasteiger partial charge in [-0.25, -0.2) is 4.79 Å². The fraction of sp³-hybridized carbons (Fsp3) is 0.500. The monoisotopic (exact) mass is 107 g/mol. The summed E-state index contributed by atoms with van der Waals surface area (Å²) in [6.07, 6.45) is 0. The van der Waals surface area contributed by atoms with E-state index < -0.39 is 5.97 Å². The van der Waals surface area contributed by atoms with Gasteiger partial charge in [-0.1, -0.05) is 0 Å². The van der Waals surface area contributed by atoms with Crippen LogP contribution in [-0.4, -0.2) is 11.8 Å². The molecule has 2 radical (unpaired) electrons. The number of rotatable bonds is 1. The molecule has 0 saturated heterocycles. The van der Waals surface area contributed by atoms with Crippen molar-refractivity contribution in [1.29, 1.82) is 0 Å². The van der Waals surface area contributed by atoms with Crippen molar-refractivity contribution in [2.75, 3.05) is 5.88 Å². The Morgan fingerprint density at radius 2 is 2.50 bits per heavy atom. The van der Waals surface area contributed by atoms with Gasteiger partial charge in [-0.15, -0.1) is 11.6 Å². The maximum Gasteiger partial charge on any atom is 0.343 e. The molecule has 0 aliphatic carbocycles. The van der Waals surface area contributed by atoms with E-state index in [1.54, 1.807) is 0 Å². The minimum Gasteiger partial charge on any atom is -0.328 e. The summed E-state index contributed by atoms with van der Waals surface area (Å²) < 4.78 is 0. The topological polar surface area (TPSA) is 48.6 Å². The molecule has 0 saturated carbocycles. The van der Waals surface area contributed by atoms with Gasteiger partial charge in [0.2, 0.25) is 0 Å². The molecule has 0 aromatic heterocycles. The van der Waals surface area contributed by atoms with Crippen molar-refractivity contribution < 1.29 is 9.63 Å². The number of carbonyl (C=O) groups is 1. The lowest BCUT2D eigenvalue weighted by Crippen LogP contribution is -2.01. The molecule has 0 atom stereocenters. The SMILES string of the molecule is [N]OC(=O)CCl. The van der Waals surface area contributed by atoms with Gasteiger partial charge in [-0.3, -0.25) is 0 Å². The second-order valence-corrected chi connectivity index (χ2v) is 0.864. The Bertz CT molecular complexity index is 49.5. The standard InChI is InChI=1S/C2H2ClNO2/c3-1-2(5)6-4/h1H2. The van der Waals surface area contributed by atoms with E-state index in [4.69, 9.17) is 17.5 Å². The van der Waals surface area contributed by atoms with E-state index >= 15 is 0 Å². The molecule has 0 aromatic rings. The predicted molar refractivity (Wildman–Crippen MR) is 18.9 cm³/mol. The van der Waals surface area contributed by atoms with Crippen LogP contribution in [-0.2, 0) is 9.63 Å². The molecule has 0 rings (SSSR count). The summed E-state index contributed by atoms with van der Waals surface area (Å²) in [5, 5.41) is 0. The van der Waals surface area contributed by atoms with Crippen molar-refractivity contribution >= 4 is 17.6 Å². The Labute approximate surface area is 40.0 Å². The molecule has 0 amide bonds. The van der Waals surface area contributed by atoms with Gasteiger partial charge in [0.25, 0.3) is 0 Å². The minimum absolute atomic E-state index is 0.309. The number of nitrogens with zero attached hydrogens (tertiary/aromatic N) is 1. The summed E-state index contributed by atoms with van der Waals surface area (Å²) in [6.45, 7) is 0. The van der Waals surface area contributed by atoms with Crippen molar-refractivity contribution in [2.24, 2.45) is 0 Å². The van der Waals surface area contributed by atoms with Crippen molar-refractivity contribution in [1.82, 2.24) is 5.90 Å². The van der Waals surface area contributed by atoms with Crippen LogP contribution >= 0.6 is 11.6 Å². The third-order valence-electron chi connectivity index (χ3n) is 0.211. The Kier molecular flexibility index (Phi) is 2.80. The van der Waals surface area contributed by atoms with Crippen molar-refractivity contribution in [2.45, 2.75) is 0 Å². The second kappa shape index (κ2) is 2.93. The highest BCUT2D eigenvalue weighted by molar-refractivity contribution is 6.26. The number of hydrogen-bond donors (Lipinski definition) is 0. The van der Waals surface area contributed by atoms with E-state index in [2.05, 4.69) is 4.84 Å². The van der Waals surface area contributed by atoms with Crippen LogP contribution in [0.3, 0.4) is 0 Å². The van der Waals surface area contributed by atoms with Crippen molar-refractivity contribution in [3.05, 3.63) is 0 Å². The van der Waals surface area contributed by atoms with Gasteiger partial charge >= 0.3 is 5.97 Å². The number of halogens is 1. The Morgan fingerprint density at radius 1 is 2.00 bits per heavy atom. The van der Waals surface area contributed by atoms with E-state index in [1.165, 1.54) is 0 Å². The van der Waals surface area contributed by atoms with Crippen LogP contribution in [0.4, 0.5) is 0 Å². The lowest BCUT2D eigenvalue weighted by atomic mass is 10.8. The molecule has 0 aliphatic rings. The normalized spacial score (nSPS) is 7.67. The summed E-state index contributed by atoms with van der Waals surface area (Å²) >= 11 is 4.82. The van der Waals surface area contributed by atoms with Gasteiger partial charge in [0, 0.05) is 0 Å². The smallest absolute Gasteiger partial charge is 0.328 e. The maximum atomic E-state index is 9.58. The molecule has 4 heteroatoms. The highest BCUT2D eigenvalue weighted by Crippen LogP contribution is 1.74. The molecule has 6 heavy (non-hydrogen) atoms. The maximum absolute atomic E-state index is 9.58. The first kappa shape index (κ1) is 5.72. The van der Waals surface area contributed by atoms with Gasteiger partial charge in [0.1, 0.15) is 11.8 Å². The van der Waals surface area contributed by atoms with Crippen LogP contribution in [0.25, 0.3) is 0 Å². The lowest BCUT2D eigenvalue weighted by molar-refractivity contribution is -0.142. The third kappa shape index (κ3) is 1.99. The number of alkyl halides is 1. The average molecular weight is 107 g/mol. The summed E-state index contributed by atoms with van der Waals surface area (Å²) in [5.41, 5.74) is 0.